The number of alkyl halides is 3. The number of hydrogen-bond acceptors (Lipinski definition) is 7. The van der Waals surface area contributed by atoms with E-state index in [0.29, 0.717) is 17.2 Å². The normalized spacial score (nSPS) is 14.7. The van der Waals surface area contributed by atoms with Crippen LogP contribution < -0.4 is 14.4 Å². The summed E-state index contributed by atoms with van der Waals surface area (Å²) >= 11 is 0. The van der Waals surface area contributed by atoms with Crippen molar-refractivity contribution in [2.24, 2.45) is 0 Å². The fourth-order valence-electron chi connectivity index (χ4n) is 5.13. The molecular weight excluding hydrogens is 605 g/mol. The molecule has 0 saturated carbocycles. The Balaban J connectivity index is 1.32. The van der Waals surface area contributed by atoms with E-state index in [1.807, 2.05) is 0 Å². The van der Waals surface area contributed by atoms with Gasteiger partial charge in [0.05, 0.1) is 21.8 Å². The topological polar surface area (TPSA) is 131 Å². The lowest BCUT2D eigenvalue weighted by Crippen LogP contribution is -2.36. The number of rotatable bonds is 6. The lowest BCUT2D eigenvalue weighted by Gasteiger charge is -2.27. The Kier molecular flexibility index (Phi) is 7.08. The first kappa shape index (κ1) is 29.2. The van der Waals surface area contributed by atoms with Crippen LogP contribution in [0.2, 0.25) is 0 Å². The molecule has 3 heterocycles. The molecule has 2 aliphatic heterocycles. The third kappa shape index (κ3) is 5.13. The number of ether oxygens (including phenoxy) is 2. The molecular formula is C29H23F3N4O7S. The summed E-state index contributed by atoms with van der Waals surface area (Å²) in [6.07, 6.45) is -4.99. The highest BCUT2D eigenvalue weighted by Gasteiger charge is 2.42. The maximum Gasteiger partial charge on any atom is 0.435 e. The highest BCUT2D eigenvalue weighted by atomic mass is 32.2. The number of hydrogen-bond donors (Lipinski definition) is 1. The molecule has 0 bridgehead atoms. The number of halogens is 3. The largest absolute Gasteiger partial charge is 0.478 e. The Hall–Kier alpha value is -4.89. The van der Waals surface area contributed by atoms with Gasteiger partial charge < -0.3 is 19.5 Å². The summed E-state index contributed by atoms with van der Waals surface area (Å²) in [6, 6.07) is 15.4. The monoisotopic (exact) mass is 628 g/mol. The summed E-state index contributed by atoms with van der Waals surface area (Å²) in [5.74, 6) is -0.659. The van der Waals surface area contributed by atoms with E-state index in [9.17, 15) is 31.2 Å². The highest BCUT2D eigenvalue weighted by Crippen LogP contribution is 2.38. The van der Waals surface area contributed by atoms with Crippen LogP contribution in [0.3, 0.4) is 0 Å². The van der Waals surface area contributed by atoms with Gasteiger partial charge in [-0.25, -0.2) is 17.9 Å². The Bertz CT molecular complexity index is 1910. The first-order valence-electron chi connectivity index (χ1n) is 13.1. The third-order valence-electron chi connectivity index (χ3n) is 7.42. The second kappa shape index (κ2) is 10.7. The fourth-order valence-corrected chi connectivity index (χ4v) is 6.54. The van der Waals surface area contributed by atoms with Gasteiger partial charge in [0.25, 0.3) is 5.91 Å². The molecule has 0 atom stereocenters. The smallest absolute Gasteiger partial charge is 0.435 e. The van der Waals surface area contributed by atoms with Gasteiger partial charge in [0, 0.05) is 49.4 Å². The van der Waals surface area contributed by atoms with Gasteiger partial charge in [0.15, 0.2) is 17.2 Å². The number of nitrogens with zero attached hydrogens (tertiary/aromatic N) is 4. The molecule has 228 valence electrons. The van der Waals surface area contributed by atoms with E-state index in [2.05, 4.69) is 5.10 Å². The average molecular weight is 629 g/mol. The van der Waals surface area contributed by atoms with Gasteiger partial charge in [0.2, 0.25) is 16.8 Å². The summed E-state index contributed by atoms with van der Waals surface area (Å²) in [7, 11) is -2.70. The molecule has 15 heteroatoms. The molecule has 0 spiro atoms. The maximum absolute atomic E-state index is 14.2. The summed E-state index contributed by atoms with van der Waals surface area (Å²) in [5, 5.41) is 12.9. The zero-order chi connectivity index (χ0) is 31.4. The minimum absolute atomic E-state index is 0.0657. The van der Waals surface area contributed by atoms with Crippen LogP contribution in [0.25, 0.3) is 5.69 Å². The second-order valence-electron chi connectivity index (χ2n) is 10.1. The minimum atomic E-state index is -4.89. The van der Waals surface area contributed by atoms with Crippen molar-refractivity contribution in [3.8, 4) is 17.2 Å². The predicted octanol–water partition coefficient (Wildman–Crippen LogP) is 4.34. The van der Waals surface area contributed by atoms with Gasteiger partial charge in [-0.3, -0.25) is 4.79 Å². The van der Waals surface area contributed by atoms with E-state index in [-0.39, 0.29) is 52.7 Å². The molecule has 11 nitrogen and oxygen atoms in total. The van der Waals surface area contributed by atoms with Crippen molar-refractivity contribution in [2.45, 2.75) is 24.0 Å². The first-order valence-corrected chi connectivity index (χ1v) is 14.6. The van der Waals surface area contributed by atoms with E-state index in [0.717, 1.165) is 33.3 Å². The van der Waals surface area contributed by atoms with Crippen LogP contribution in [0.15, 0.2) is 71.6 Å². The van der Waals surface area contributed by atoms with E-state index in [1.165, 1.54) is 29.2 Å². The fraction of sp³-hybridized carbons (Fsp3) is 0.207. The minimum Gasteiger partial charge on any atom is -0.478 e. The van der Waals surface area contributed by atoms with Crippen molar-refractivity contribution < 1.29 is 45.8 Å². The average Bonchev–Trinajstić information content (AvgIpc) is 3.64. The number of carbonyl (C=O) groups excluding carboxylic acids is 1. The van der Waals surface area contributed by atoms with Gasteiger partial charge in [-0.15, -0.1) is 0 Å². The lowest BCUT2D eigenvalue weighted by atomic mass is 10.1. The number of aromatic nitrogens is 2. The maximum atomic E-state index is 14.2. The van der Waals surface area contributed by atoms with Crippen LogP contribution >= 0.6 is 0 Å². The Labute approximate surface area is 248 Å². The summed E-state index contributed by atoms with van der Waals surface area (Å²) in [4.78, 5) is 25.6. The Morgan fingerprint density at radius 2 is 1.70 bits per heavy atom. The number of aromatic carboxylic acids is 1. The zero-order valence-electron chi connectivity index (χ0n) is 22.9. The van der Waals surface area contributed by atoms with E-state index in [4.69, 9.17) is 14.6 Å². The standard InChI is InChI=1S/C29H23F3N4O7S/c1-34(19-7-10-24-25(14-19)43-16-42-24)27(37)18-3-2-4-20(13-18)36-23-11-12-35(15-22(23)26(33-36)29(30,31)32)44(40,41)21-8-5-17(6-9-21)28(38)39/h2-10,13-14H,11-12,15-16H2,1H3,(H,38,39). The van der Waals surface area contributed by atoms with Crippen molar-refractivity contribution in [3.05, 3.63) is 94.8 Å². The molecule has 0 aliphatic carbocycles. The van der Waals surface area contributed by atoms with Crippen molar-refractivity contribution >= 4 is 27.6 Å². The number of benzene rings is 3. The summed E-state index contributed by atoms with van der Waals surface area (Å²) in [6.45, 7) is -0.681. The van der Waals surface area contributed by atoms with Crippen molar-refractivity contribution in [2.75, 3.05) is 25.3 Å². The van der Waals surface area contributed by atoms with E-state index < -0.39 is 40.3 Å². The van der Waals surface area contributed by atoms with Gasteiger partial charge in [-0.2, -0.15) is 22.6 Å². The molecule has 0 radical (unpaired) electrons. The third-order valence-corrected chi connectivity index (χ3v) is 9.28. The van der Waals surface area contributed by atoms with Gasteiger partial charge in [-0.05, 0) is 54.6 Å². The molecule has 2 aliphatic rings. The Morgan fingerprint density at radius 1 is 0.977 bits per heavy atom. The van der Waals surface area contributed by atoms with Crippen LogP contribution in [0.4, 0.5) is 18.9 Å². The summed E-state index contributed by atoms with van der Waals surface area (Å²) < 4.78 is 81.8. The number of carboxylic acids is 1. The van der Waals surface area contributed by atoms with Gasteiger partial charge >= 0.3 is 12.1 Å². The molecule has 1 amide bonds. The van der Waals surface area contributed by atoms with E-state index >= 15 is 0 Å². The van der Waals surface area contributed by atoms with Crippen molar-refractivity contribution in [3.63, 3.8) is 0 Å². The van der Waals surface area contributed by atoms with E-state index in [1.54, 1.807) is 25.2 Å². The molecule has 1 aromatic heterocycles. The lowest BCUT2D eigenvalue weighted by molar-refractivity contribution is -0.142. The molecule has 6 rings (SSSR count). The number of amides is 1. The number of carboxylic acid groups (broad SMARTS) is 1. The number of carbonyl (C=O) groups is 2. The van der Waals surface area contributed by atoms with Crippen LogP contribution in [0, 0.1) is 0 Å². The van der Waals surface area contributed by atoms with Gasteiger partial charge in [-0.1, -0.05) is 6.07 Å². The molecule has 4 aromatic rings. The zero-order valence-corrected chi connectivity index (χ0v) is 23.7. The van der Waals surface area contributed by atoms with Crippen LogP contribution in [-0.2, 0) is 29.2 Å². The number of fused-ring (bicyclic) bond motifs is 2. The quantitative estimate of drug-likeness (QED) is 0.334. The van der Waals surface area contributed by atoms with Crippen LogP contribution in [0.5, 0.6) is 11.5 Å². The Morgan fingerprint density at radius 3 is 2.41 bits per heavy atom. The van der Waals surface area contributed by atoms with Crippen molar-refractivity contribution in [1.29, 1.82) is 0 Å². The second-order valence-corrected chi connectivity index (χ2v) is 12.0. The van der Waals surface area contributed by atoms with Crippen LogP contribution in [0.1, 0.15) is 37.7 Å². The highest BCUT2D eigenvalue weighted by molar-refractivity contribution is 7.89. The molecule has 0 fully saturated rings. The SMILES string of the molecule is CN(C(=O)c1cccc(-n2nc(C(F)(F)F)c3c2CCN(S(=O)(=O)c2ccc(C(=O)O)cc2)C3)c1)c1ccc2c(c1)OCO2. The number of anilines is 1. The van der Waals surface area contributed by atoms with Gasteiger partial charge in [0.1, 0.15) is 0 Å². The molecule has 1 N–H and O–H groups in total. The first-order chi connectivity index (χ1) is 20.8. The molecule has 44 heavy (non-hydrogen) atoms. The predicted molar refractivity (Wildman–Crippen MR) is 149 cm³/mol. The van der Waals surface area contributed by atoms with Crippen molar-refractivity contribution in [1.82, 2.24) is 14.1 Å². The molecule has 0 unspecified atom stereocenters. The molecule has 3 aromatic carbocycles. The molecule has 0 saturated heterocycles. The van der Waals surface area contributed by atoms with Crippen LogP contribution in [-0.4, -0.2) is 59.9 Å². The number of sulfonamides is 1. The summed E-state index contributed by atoms with van der Waals surface area (Å²) in [5.41, 5.74) is -0.606.